The summed E-state index contributed by atoms with van der Waals surface area (Å²) in [6.07, 6.45) is 0. The van der Waals surface area contributed by atoms with E-state index >= 15 is 0 Å². The maximum atomic E-state index is 14.3. The average Bonchev–Trinajstić information content (AvgIpc) is 3.26. The van der Waals surface area contributed by atoms with Crippen molar-refractivity contribution in [3.8, 4) is 52.6 Å². The lowest BCUT2D eigenvalue weighted by Gasteiger charge is -2.14. The van der Waals surface area contributed by atoms with Crippen molar-refractivity contribution in [3.05, 3.63) is 210 Å². The van der Waals surface area contributed by atoms with Crippen LogP contribution in [0.15, 0.2) is 160 Å². The van der Waals surface area contributed by atoms with Crippen LogP contribution in [0.2, 0.25) is 0 Å². The van der Waals surface area contributed by atoms with Gasteiger partial charge in [0, 0.05) is 92.7 Å². The summed E-state index contributed by atoms with van der Waals surface area (Å²) in [5, 5.41) is 0. The monoisotopic (exact) mass is 786 g/mol. The standard InChI is InChI=1S/C51H42N6O3/c1-52(2)43-25-13-37(14-26-43)7-10-40-19-31-46(32-20-40)55-49(58)56(47-33-21-41(22-34-47)11-8-38-15-27-44(28-16-38)53(3)4)51(60)57(50(55)59)48-35-23-42(24-36-48)12-9-39-17-29-45(30-18-39)54(5)6/h13-36H,1-6H3. The Bertz CT molecular complexity index is 2670. The highest BCUT2D eigenvalue weighted by Gasteiger charge is 2.19. The summed E-state index contributed by atoms with van der Waals surface area (Å²) in [6, 6.07) is 44.0. The van der Waals surface area contributed by atoms with Crippen LogP contribution in [-0.4, -0.2) is 56.0 Å². The van der Waals surface area contributed by atoms with Crippen LogP contribution in [0.5, 0.6) is 0 Å². The van der Waals surface area contributed by atoms with Crippen LogP contribution < -0.4 is 31.8 Å². The minimum Gasteiger partial charge on any atom is -0.378 e. The number of anilines is 3. The molecule has 0 spiro atoms. The highest BCUT2D eigenvalue weighted by Crippen LogP contribution is 2.16. The topological polar surface area (TPSA) is 75.7 Å². The van der Waals surface area contributed by atoms with E-state index in [1.165, 1.54) is 0 Å². The summed E-state index contributed by atoms with van der Waals surface area (Å²) in [4.78, 5) is 48.9. The summed E-state index contributed by atoms with van der Waals surface area (Å²) in [5.41, 5.74) is 6.20. The molecule has 9 nitrogen and oxygen atoms in total. The van der Waals surface area contributed by atoms with Gasteiger partial charge in [-0.05, 0) is 146 Å². The molecular weight excluding hydrogens is 745 g/mol. The Hall–Kier alpha value is -8.19. The molecular formula is C51H42N6O3. The Morgan fingerprint density at radius 2 is 0.450 bits per heavy atom. The molecule has 0 aliphatic rings. The predicted octanol–water partition coefficient (Wildman–Crippen LogP) is 6.54. The third kappa shape index (κ3) is 9.00. The second-order valence-corrected chi connectivity index (χ2v) is 14.6. The fourth-order valence-electron chi connectivity index (χ4n) is 6.25. The van der Waals surface area contributed by atoms with Gasteiger partial charge in [0.25, 0.3) is 0 Å². The average molecular weight is 787 g/mol. The molecule has 0 saturated heterocycles. The fraction of sp³-hybridized carbons (Fsp3) is 0.118. The summed E-state index contributed by atoms with van der Waals surface area (Å²) in [5.74, 6) is 18.9. The van der Waals surface area contributed by atoms with Crippen molar-refractivity contribution in [3.63, 3.8) is 0 Å². The SMILES string of the molecule is CN(C)c1ccc(C#Cc2ccc(-n3c(=O)n(-c4ccc(C#Cc5ccc(N(C)C)cc5)cc4)c(=O)n(-c4ccc(C#Cc5ccc(N(C)C)cc5)cc4)c3=O)cc2)cc1. The van der Waals surface area contributed by atoms with Crippen LogP contribution in [0.3, 0.4) is 0 Å². The van der Waals surface area contributed by atoms with Crippen LogP contribution >= 0.6 is 0 Å². The Kier molecular flexibility index (Phi) is 11.7. The molecule has 0 bridgehead atoms. The van der Waals surface area contributed by atoms with E-state index in [0.717, 1.165) is 47.5 Å². The number of hydrogen-bond donors (Lipinski definition) is 0. The zero-order valence-corrected chi connectivity index (χ0v) is 34.3. The predicted molar refractivity (Wildman–Crippen MR) is 243 cm³/mol. The second kappa shape index (κ2) is 17.5. The van der Waals surface area contributed by atoms with Gasteiger partial charge >= 0.3 is 17.1 Å². The number of benzene rings is 6. The second-order valence-electron chi connectivity index (χ2n) is 14.6. The van der Waals surface area contributed by atoms with E-state index in [1.54, 1.807) is 72.8 Å². The molecule has 0 amide bonds. The van der Waals surface area contributed by atoms with Crippen molar-refractivity contribution in [1.82, 2.24) is 13.7 Å². The highest BCUT2D eigenvalue weighted by atomic mass is 16.2. The van der Waals surface area contributed by atoms with Gasteiger partial charge < -0.3 is 14.7 Å². The van der Waals surface area contributed by atoms with Crippen LogP contribution in [0.25, 0.3) is 17.1 Å². The van der Waals surface area contributed by atoms with Crippen LogP contribution in [0.1, 0.15) is 33.4 Å². The summed E-state index contributed by atoms with van der Waals surface area (Å²) in [6.45, 7) is 0. The maximum absolute atomic E-state index is 14.3. The van der Waals surface area contributed by atoms with E-state index in [9.17, 15) is 14.4 Å². The van der Waals surface area contributed by atoms with Crippen molar-refractivity contribution in [2.75, 3.05) is 57.0 Å². The zero-order chi connectivity index (χ0) is 42.3. The molecule has 0 aliphatic heterocycles. The van der Waals surface area contributed by atoms with E-state index < -0.39 is 17.1 Å². The molecule has 7 aromatic rings. The van der Waals surface area contributed by atoms with E-state index in [0.29, 0.717) is 16.7 Å². The molecule has 294 valence electrons. The molecule has 0 fully saturated rings. The van der Waals surface area contributed by atoms with Gasteiger partial charge in [0.2, 0.25) is 0 Å². The lowest BCUT2D eigenvalue weighted by atomic mass is 10.1. The van der Waals surface area contributed by atoms with E-state index in [2.05, 4.69) is 35.5 Å². The smallest absolute Gasteiger partial charge is 0.345 e. The van der Waals surface area contributed by atoms with Gasteiger partial charge in [-0.25, -0.2) is 28.1 Å². The van der Waals surface area contributed by atoms with Crippen molar-refractivity contribution in [2.45, 2.75) is 0 Å². The third-order valence-corrected chi connectivity index (χ3v) is 9.73. The summed E-state index contributed by atoms with van der Waals surface area (Å²) >= 11 is 0. The number of aromatic nitrogens is 3. The van der Waals surface area contributed by atoms with Gasteiger partial charge in [-0.15, -0.1) is 0 Å². The fourth-order valence-corrected chi connectivity index (χ4v) is 6.25. The molecule has 60 heavy (non-hydrogen) atoms. The van der Waals surface area contributed by atoms with Gasteiger partial charge in [-0.2, -0.15) is 0 Å². The lowest BCUT2D eigenvalue weighted by Crippen LogP contribution is -2.52. The van der Waals surface area contributed by atoms with Crippen molar-refractivity contribution in [2.24, 2.45) is 0 Å². The molecule has 0 N–H and O–H groups in total. The van der Waals surface area contributed by atoms with Crippen LogP contribution in [0.4, 0.5) is 17.1 Å². The molecule has 0 aliphatic carbocycles. The highest BCUT2D eigenvalue weighted by molar-refractivity contribution is 5.55. The Morgan fingerprint density at radius 3 is 0.617 bits per heavy atom. The van der Waals surface area contributed by atoms with Gasteiger partial charge in [-0.3, -0.25) is 0 Å². The Balaban J connectivity index is 1.26. The minimum absolute atomic E-state index is 0.277. The molecule has 1 heterocycles. The molecule has 0 radical (unpaired) electrons. The molecule has 7 rings (SSSR count). The van der Waals surface area contributed by atoms with E-state index in [1.807, 2.05) is 130 Å². The van der Waals surface area contributed by atoms with Gasteiger partial charge in [-0.1, -0.05) is 35.5 Å². The molecule has 1 aromatic heterocycles. The number of hydrogen-bond acceptors (Lipinski definition) is 6. The Labute approximate surface area is 349 Å². The molecule has 0 unspecified atom stereocenters. The first-order chi connectivity index (χ1) is 28.9. The summed E-state index contributed by atoms with van der Waals surface area (Å²) < 4.78 is 2.98. The van der Waals surface area contributed by atoms with Crippen molar-refractivity contribution < 1.29 is 0 Å². The van der Waals surface area contributed by atoms with Gasteiger partial charge in [0.05, 0.1) is 17.1 Å². The van der Waals surface area contributed by atoms with Gasteiger partial charge in [0.15, 0.2) is 0 Å². The zero-order valence-electron chi connectivity index (χ0n) is 34.3. The number of rotatable bonds is 6. The molecule has 0 saturated carbocycles. The lowest BCUT2D eigenvalue weighted by molar-refractivity contribution is 0.659. The van der Waals surface area contributed by atoms with Crippen LogP contribution in [-0.2, 0) is 0 Å². The first kappa shape index (κ1) is 40.0. The third-order valence-electron chi connectivity index (χ3n) is 9.73. The molecule has 6 aromatic carbocycles. The maximum Gasteiger partial charge on any atom is 0.345 e. The first-order valence-electron chi connectivity index (χ1n) is 19.2. The van der Waals surface area contributed by atoms with E-state index in [4.69, 9.17) is 0 Å². The van der Waals surface area contributed by atoms with Crippen molar-refractivity contribution >= 4 is 17.1 Å². The molecule has 9 heteroatoms. The number of nitrogens with zero attached hydrogens (tertiary/aromatic N) is 6. The quantitative estimate of drug-likeness (QED) is 0.179. The largest absolute Gasteiger partial charge is 0.378 e. The first-order valence-corrected chi connectivity index (χ1v) is 19.2. The van der Waals surface area contributed by atoms with E-state index in [-0.39, 0.29) is 17.1 Å². The van der Waals surface area contributed by atoms with Gasteiger partial charge in [0.1, 0.15) is 0 Å². The summed E-state index contributed by atoms with van der Waals surface area (Å²) in [7, 11) is 11.9. The normalized spacial score (nSPS) is 10.3. The minimum atomic E-state index is -0.816. The van der Waals surface area contributed by atoms with Crippen molar-refractivity contribution in [1.29, 1.82) is 0 Å². The van der Waals surface area contributed by atoms with Crippen LogP contribution in [0, 0.1) is 35.5 Å². The Morgan fingerprint density at radius 1 is 0.283 bits per heavy atom. The molecule has 0 atom stereocenters.